The molecule has 2 aromatic rings. The van der Waals surface area contributed by atoms with Crippen LogP contribution in [0.15, 0.2) is 42.5 Å². The van der Waals surface area contributed by atoms with E-state index in [1.807, 2.05) is 6.07 Å². The number of nitrogens with one attached hydrogen (secondary N) is 1. The summed E-state index contributed by atoms with van der Waals surface area (Å²) in [4.78, 5) is 11.9. The van der Waals surface area contributed by atoms with Crippen molar-refractivity contribution in [1.82, 2.24) is 5.32 Å². The Kier molecular flexibility index (Phi) is 6.95. The topological polar surface area (TPSA) is 55.1 Å². The van der Waals surface area contributed by atoms with Crippen molar-refractivity contribution in [3.63, 3.8) is 0 Å². The Hall–Kier alpha value is -1.98. The first kappa shape index (κ1) is 18.1. The third kappa shape index (κ3) is 4.79. The summed E-state index contributed by atoms with van der Waals surface area (Å²) in [7, 11) is 0. The summed E-state index contributed by atoms with van der Waals surface area (Å²) in [6, 6.07) is 10.4. The molecule has 0 unspecified atom stereocenters. The Bertz CT molecular complexity index is 650. The van der Waals surface area contributed by atoms with Gasteiger partial charge in [0.1, 0.15) is 11.6 Å². The maximum Gasteiger partial charge on any atom is 0.251 e. The number of halogens is 3. The number of carbonyl (C=O) groups excluding carboxylic acids is 1. The summed E-state index contributed by atoms with van der Waals surface area (Å²) in [5, 5.41) is 2.70. The molecule has 0 fully saturated rings. The number of hydrogen-bond acceptors (Lipinski definition) is 2. The van der Waals surface area contributed by atoms with Crippen molar-refractivity contribution in [2.75, 3.05) is 6.54 Å². The summed E-state index contributed by atoms with van der Waals surface area (Å²) in [6.07, 6.45) is 0.300. The molecule has 2 aromatic carbocycles. The fourth-order valence-electron chi connectivity index (χ4n) is 1.98. The molecule has 3 N–H and O–H groups in total. The van der Waals surface area contributed by atoms with Crippen molar-refractivity contribution in [3.05, 3.63) is 70.8 Å². The van der Waals surface area contributed by atoms with Gasteiger partial charge < -0.3 is 11.1 Å². The molecule has 1 amide bonds. The molecule has 6 heteroatoms. The predicted molar refractivity (Wildman–Crippen MR) is 84.0 cm³/mol. The molecule has 118 valence electrons. The fourth-order valence-corrected chi connectivity index (χ4v) is 1.98. The van der Waals surface area contributed by atoms with Crippen molar-refractivity contribution in [1.29, 1.82) is 0 Å². The van der Waals surface area contributed by atoms with Crippen molar-refractivity contribution < 1.29 is 13.6 Å². The highest BCUT2D eigenvalue weighted by atomic mass is 35.5. The van der Waals surface area contributed by atoms with Gasteiger partial charge in [-0.3, -0.25) is 4.79 Å². The Labute approximate surface area is 133 Å². The van der Waals surface area contributed by atoms with Gasteiger partial charge in [-0.05, 0) is 35.7 Å². The smallest absolute Gasteiger partial charge is 0.251 e. The van der Waals surface area contributed by atoms with Gasteiger partial charge in [0.15, 0.2) is 0 Å². The van der Waals surface area contributed by atoms with Crippen LogP contribution in [0.25, 0.3) is 0 Å². The van der Waals surface area contributed by atoms with Gasteiger partial charge >= 0.3 is 0 Å². The lowest BCUT2D eigenvalue weighted by molar-refractivity contribution is 0.0954. The van der Waals surface area contributed by atoms with E-state index in [4.69, 9.17) is 5.73 Å². The van der Waals surface area contributed by atoms with Crippen LogP contribution in [0.4, 0.5) is 8.78 Å². The molecular formula is C16H17ClF2N2O. The number of nitrogens with two attached hydrogens (primary N) is 1. The van der Waals surface area contributed by atoms with Crippen molar-refractivity contribution in [3.8, 4) is 0 Å². The van der Waals surface area contributed by atoms with Crippen LogP contribution in [-0.2, 0) is 13.0 Å². The van der Waals surface area contributed by atoms with E-state index in [0.29, 0.717) is 24.1 Å². The molecule has 0 spiro atoms. The van der Waals surface area contributed by atoms with Crippen LogP contribution in [0.3, 0.4) is 0 Å². The molecule has 0 bridgehead atoms. The predicted octanol–water partition coefficient (Wildman–Crippen LogP) is 2.82. The Morgan fingerprint density at radius 1 is 1.14 bits per heavy atom. The maximum atomic E-state index is 13.4. The van der Waals surface area contributed by atoms with Gasteiger partial charge in [0.05, 0.1) is 0 Å². The normalized spacial score (nSPS) is 9.95. The zero-order valence-corrected chi connectivity index (χ0v) is 12.6. The first-order valence-corrected chi connectivity index (χ1v) is 6.61. The van der Waals surface area contributed by atoms with Crippen LogP contribution in [0.1, 0.15) is 21.5 Å². The Morgan fingerprint density at radius 3 is 2.59 bits per heavy atom. The van der Waals surface area contributed by atoms with Crippen molar-refractivity contribution in [2.24, 2.45) is 5.73 Å². The minimum atomic E-state index is -0.612. The molecule has 0 radical (unpaired) electrons. The van der Waals surface area contributed by atoms with Crippen LogP contribution in [0, 0.1) is 11.6 Å². The highest BCUT2D eigenvalue weighted by Gasteiger charge is 2.07. The lowest BCUT2D eigenvalue weighted by Gasteiger charge is -2.07. The number of carbonyl (C=O) groups is 1. The van der Waals surface area contributed by atoms with E-state index in [0.717, 1.165) is 11.6 Å². The number of amides is 1. The van der Waals surface area contributed by atoms with Crippen molar-refractivity contribution >= 4 is 18.3 Å². The van der Waals surface area contributed by atoms with Gasteiger partial charge in [-0.1, -0.05) is 18.2 Å². The molecule has 2 rings (SSSR count). The standard InChI is InChI=1S/C16H16F2N2O.ClH/c17-14-5-4-12(15(18)9-14)6-7-20-16(21)13-3-1-2-11(8-13)10-19;/h1-5,8-9H,6-7,10,19H2,(H,20,21);1H. The first-order valence-electron chi connectivity index (χ1n) is 6.61. The fraction of sp³-hybridized carbons (Fsp3) is 0.188. The van der Waals surface area contributed by atoms with E-state index >= 15 is 0 Å². The summed E-state index contributed by atoms with van der Waals surface area (Å²) >= 11 is 0. The highest BCUT2D eigenvalue weighted by Crippen LogP contribution is 2.10. The molecule has 0 aliphatic rings. The second-order valence-corrected chi connectivity index (χ2v) is 4.65. The van der Waals surface area contributed by atoms with E-state index in [1.165, 1.54) is 12.1 Å². The van der Waals surface area contributed by atoms with E-state index in [2.05, 4.69) is 5.32 Å². The highest BCUT2D eigenvalue weighted by molar-refractivity contribution is 5.94. The van der Waals surface area contributed by atoms with Crippen LogP contribution in [0.5, 0.6) is 0 Å². The molecule has 0 heterocycles. The number of rotatable bonds is 5. The number of hydrogen-bond donors (Lipinski definition) is 2. The van der Waals surface area contributed by atoms with Gasteiger partial charge in [0, 0.05) is 24.7 Å². The Morgan fingerprint density at radius 2 is 1.91 bits per heavy atom. The number of benzene rings is 2. The van der Waals surface area contributed by atoms with Crippen LogP contribution in [-0.4, -0.2) is 12.5 Å². The molecule has 0 aliphatic carbocycles. The maximum absolute atomic E-state index is 13.4. The van der Waals surface area contributed by atoms with Gasteiger partial charge in [0.25, 0.3) is 5.91 Å². The van der Waals surface area contributed by atoms with Gasteiger partial charge in [-0.2, -0.15) is 0 Å². The molecule has 0 atom stereocenters. The van der Waals surface area contributed by atoms with E-state index < -0.39 is 11.6 Å². The van der Waals surface area contributed by atoms with Crippen LogP contribution < -0.4 is 11.1 Å². The van der Waals surface area contributed by atoms with E-state index in [9.17, 15) is 13.6 Å². The van der Waals surface area contributed by atoms with Gasteiger partial charge in [-0.25, -0.2) is 8.78 Å². The third-order valence-electron chi connectivity index (χ3n) is 3.12. The largest absolute Gasteiger partial charge is 0.352 e. The van der Waals surface area contributed by atoms with Gasteiger partial charge in [-0.15, -0.1) is 12.4 Å². The van der Waals surface area contributed by atoms with Crippen molar-refractivity contribution in [2.45, 2.75) is 13.0 Å². The zero-order valence-electron chi connectivity index (χ0n) is 11.8. The zero-order chi connectivity index (χ0) is 15.2. The minimum absolute atomic E-state index is 0. The Balaban J connectivity index is 0.00000242. The average Bonchev–Trinajstić information content (AvgIpc) is 2.49. The lowest BCUT2D eigenvalue weighted by Crippen LogP contribution is -2.26. The molecule has 22 heavy (non-hydrogen) atoms. The molecule has 0 saturated carbocycles. The second-order valence-electron chi connectivity index (χ2n) is 4.65. The first-order chi connectivity index (χ1) is 10.1. The summed E-state index contributed by atoms with van der Waals surface area (Å²) < 4.78 is 26.2. The molecule has 3 nitrogen and oxygen atoms in total. The summed E-state index contributed by atoms with van der Waals surface area (Å²) in [6.45, 7) is 0.635. The average molecular weight is 327 g/mol. The van der Waals surface area contributed by atoms with Crippen LogP contribution in [0.2, 0.25) is 0 Å². The SMILES string of the molecule is Cl.NCc1cccc(C(=O)NCCc2ccc(F)cc2F)c1. The molecule has 0 aromatic heterocycles. The quantitative estimate of drug-likeness (QED) is 0.887. The summed E-state index contributed by atoms with van der Waals surface area (Å²) in [5.41, 5.74) is 7.27. The van der Waals surface area contributed by atoms with Crippen LogP contribution >= 0.6 is 12.4 Å². The lowest BCUT2D eigenvalue weighted by atomic mass is 10.1. The monoisotopic (exact) mass is 326 g/mol. The van der Waals surface area contributed by atoms with Gasteiger partial charge in [0.2, 0.25) is 0 Å². The van der Waals surface area contributed by atoms with E-state index in [1.54, 1.807) is 18.2 Å². The molecule has 0 aliphatic heterocycles. The molecular weight excluding hydrogens is 310 g/mol. The minimum Gasteiger partial charge on any atom is -0.352 e. The molecule has 0 saturated heterocycles. The summed E-state index contributed by atoms with van der Waals surface area (Å²) in [5.74, 6) is -1.46. The van der Waals surface area contributed by atoms with E-state index in [-0.39, 0.29) is 24.9 Å². The second kappa shape index (κ2) is 8.46. The third-order valence-corrected chi connectivity index (χ3v) is 3.12.